The predicted molar refractivity (Wildman–Crippen MR) is 80.0 cm³/mol. The minimum absolute atomic E-state index is 0.0557. The molecule has 0 aromatic heterocycles. The van der Waals surface area contributed by atoms with E-state index in [0.29, 0.717) is 5.56 Å². The summed E-state index contributed by atoms with van der Waals surface area (Å²) in [7, 11) is 1.44. The molecule has 0 amide bonds. The van der Waals surface area contributed by atoms with Gasteiger partial charge in [0.1, 0.15) is 23.1 Å². The Balaban J connectivity index is 2.31. The first-order chi connectivity index (χ1) is 9.79. The zero-order valence-corrected chi connectivity index (χ0v) is 13.3. The van der Waals surface area contributed by atoms with Gasteiger partial charge in [0.2, 0.25) is 0 Å². The van der Waals surface area contributed by atoms with Crippen LogP contribution in [0.2, 0.25) is 5.02 Å². The van der Waals surface area contributed by atoms with Gasteiger partial charge in [0.15, 0.2) is 0 Å². The number of aryl methyl sites for hydroxylation is 1. The maximum atomic E-state index is 13.3. The van der Waals surface area contributed by atoms with Gasteiger partial charge in [-0.25, -0.2) is 12.8 Å². The Morgan fingerprint density at radius 3 is 2.62 bits per heavy atom. The van der Waals surface area contributed by atoms with Gasteiger partial charge in [0.25, 0.3) is 9.05 Å². The second-order valence-electron chi connectivity index (χ2n) is 4.39. The summed E-state index contributed by atoms with van der Waals surface area (Å²) < 4.78 is 41.8. The standard InChI is InChI=1S/C14H11Cl2FO3S/c1-9-5-6-12(13(7-9)21(16,18)19)20-8-10-3-2-4-11(17)14(10)15/h2-7H,8H2,1H3. The SMILES string of the molecule is Cc1ccc(OCc2cccc(F)c2Cl)c(S(=O)(=O)Cl)c1. The molecule has 2 rings (SSSR count). The van der Waals surface area contributed by atoms with Crippen molar-refractivity contribution in [3.05, 3.63) is 58.4 Å². The average molecular weight is 349 g/mol. The van der Waals surface area contributed by atoms with Crippen LogP contribution in [0.1, 0.15) is 11.1 Å². The van der Waals surface area contributed by atoms with Crippen LogP contribution >= 0.6 is 22.3 Å². The zero-order chi connectivity index (χ0) is 15.6. The Hall–Kier alpha value is -1.30. The summed E-state index contributed by atoms with van der Waals surface area (Å²) in [5.74, 6) is -0.470. The van der Waals surface area contributed by atoms with Crippen molar-refractivity contribution in [3.8, 4) is 5.75 Å². The van der Waals surface area contributed by atoms with Crippen molar-refractivity contribution in [1.29, 1.82) is 0 Å². The number of rotatable bonds is 4. The monoisotopic (exact) mass is 348 g/mol. The molecule has 0 spiro atoms. The van der Waals surface area contributed by atoms with Crippen LogP contribution in [0.5, 0.6) is 5.75 Å². The van der Waals surface area contributed by atoms with Gasteiger partial charge >= 0.3 is 0 Å². The minimum Gasteiger partial charge on any atom is -0.487 e. The van der Waals surface area contributed by atoms with Gasteiger partial charge in [-0.3, -0.25) is 0 Å². The van der Waals surface area contributed by atoms with Gasteiger partial charge in [-0.2, -0.15) is 0 Å². The summed E-state index contributed by atoms with van der Waals surface area (Å²) in [5, 5.41) is -0.0557. The van der Waals surface area contributed by atoms with Crippen molar-refractivity contribution < 1.29 is 17.5 Å². The Kier molecular flexibility index (Phi) is 4.76. The van der Waals surface area contributed by atoms with Gasteiger partial charge in [-0.05, 0) is 30.7 Å². The second kappa shape index (κ2) is 6.22. The lowest BCUT2D eigenvalue weighted by Gasteiger charge is -2.11. The molecular weight excluding hydrogens is 338 g/mol. The molecule has 2 aromatic carbocycles. The van der Waals surface area contributed by atoms with Crippen LogP contribution < -0.4 is 4.74 Å². The molecule has 7 heteroatoms. The van der Waals surface area contributed by atoms with Crippen LogP contribution in [-0.2, 0) is 15.7 Å². The van der Waals surface area contributed by atoms with E-state index in [2.05, 4.69) is 0 Å². The Morgan fingerprint density at radius 2 is 1.95 bits per heavy atom. The van der Waals surface area contributed by atoms with E-state index in [1.807, 2.05) is 0 Å². The predicted octanol–water partition coefficient (Wildman–Crippen LogP) is 4.29. The summed E-state index contributed by atoms with van der Waals surface area (Å²) in [6.07, 6.45) is 0. The largest absolute Gasteiger partial charge is 0.487 e. The van der Waals surface area contributed by atoms with Crippen LogP contribution in [0.15, 0.2) is 41.3 Å². The quantitative estimate of drug-likeness (QED) is 0.774. The van der Waals surface area contributed by atoms with Crippen LogP contribution in [0.25, 0.3) is 0 Å². The van der Waals surface area contributed by atoms with Crippen molar-refractivity contribution in [1.82, 2.24) is 0 Å². The molecule has 3 nitrogen and oxygen atoms in total. The average Bonchev–Trinajstić information content (AvgIpc) is 2.40. The minimum atomic E-state index is -3.94. The topological polar surface area (TPSA) is 43.4 Å². The molecule has 0 saturated heterocycles. The molecule has 0 heterocycles. The van der Waals surface area contributed by atoms with E-state index in [1.165, 1.54) is 24.3 Å². The molecule has 0 aliphatic heterocycles. The number of halogens is 3. The lowest BCUT2D eigenvalue weighted by Crippen LogP contribution is -2.02. The van der Waals surface area contributed by atoms with Crippen molar-refractivity contribution in [2.75, 3.05) is 0 Å². The molecule has 0 fully saturated rings. The van der Waals surface area contributed by atoms with E-state index >= 15 is 0 Å². The van der Waals surface area contributed by atoms with Gasteiger partial charge in [0.05, 0.1) is 5.02 Å². The van der Waals surface area contributed by atoms with Gasteiger partial charge in [-0.1, -0.05) is 29.8 Å². The fourth-order valence-corrected chi connectivity index (χ4v) is 2.98. The van der Waals surface area contributed by atoms with Gasteiger partial charge in [-0.15, -0.1) is 0 Å². The van der Waals surface area contributed by atoms with Crippen LogP contribution in [0, 0.1) is 12.7 Å². The molecule has 21 heavy (non-hydrogen) atoms. The summed E-state index contributed by atoms with van der Waals surface area (Å²) in [6.45, 7) is 1.66. The summed E-state index contributed by atoms with van der Waals surface area (Å²) in [6, 6.07) is 8.91. The highest BCUT2D eigenvalue weighted by Gasteiger charge is 2.17. The molecule has 0 atom stereocenters. The van der Waals surface area contributed by atoms with Crippen LogP contribution in [0.4, 0.5) is 4.39 Å². The maximum Gasteiger partial charge on any atom is 0.264 e. The highest BCUT2D eigenvalue weighted by Crippen LogP contribution is 2.29. The normalized spacial score (nSPS) is 11.4. The third kappa shape index (κ3) is 3.87. The van der Waals surface area contributed by atoms with E-state index in [4.69, 9.17) is 27.0 Å². The van der Waals surface area contributed by atoms with Crippen molar-refractivity contribution in [2.24, 2.45) is 0 Å². The molecule has 0 radical (unpaired) electrons. The smallest absolute Gasteiger partial charge is 0.264 e. The summed E-state index contributed by atoms with van der Waals surface area (Å²) >= 11 is 5.82. The Morgan fingerprint density at radius 1 is 1.24 bits per heavy atom. The Labute approximate surface area is 131 Å². The Bertz CT molecular complexity index is 776. The zero-order valence-electron chi connectivity index (χ0n) is 10.9. The lowest BCUT2D eigenvalue weighted by atomic mass is 10.2. The van der Waals surface area contributed by atoms with Crippen LogP contribution in [0.3, 0.4) is 0 Å². The highest BCUT2D eigenvalue weighted by atomic mass is 35.7. The van der Waals surface area contributed by atoms with Crippen molar-refractivity contribution in [3.63, 3.8) is 0 Å². The first-order valence-corrected chi connectivity index (χ1v) is 8.59. The molecule has 2 aromatic rings. The third-order valence-electron chi connectivity index (χ3n) is 2.78. The van der Waals surface area contributed by atoms with Gasteiger partial charge in [0, 0.05) is 16.2 Å². The summed E-state index contributed by atoms with van der Waals surface area (Å²) in [5.41, 5.74) is 1.14. The number of hydrogen-bond donors (Lipinski definition) is 0. The van der Waals surface area contributed by atoms with Crippen molar-refractivity contribution in [2.45, 2.75) is 18.4 Å². The second-order valence-corrected chi connectivity index (χ2v) is 7.30. The van der Waals surface area contributed by atoms with E-state index < -0.39 is 14.9 Å². The van der Waals surface area contributed by atoms with Gasteiger partial charge < -0.3 is 4.74 Å². The van der Waals surface area contributed by atoms with E-state index in [1.54, 1.807) is 19.1 Å². The van der Waals surface area contributed by atoms with E-state index in [-0.39, 0.29) is 22.3 Å². The van der Waals surface area contributed by atoms with Crippen LogP contribution in [-0.4, -0.2) is 8.42 Å². The molecule has 0 unspecified atom stereocenters. The van der Waals surface area contributed by atoms with E-state index in [9.17, 15) is 12.8 Å². The molecule has 112 valence electrons. The number of ether oxygens (including phenoxy) is 1. The first kappa shape index (κ1) is 16.1. The van der Waals surface area contributed by atoms with E-state index in [0.717, 1.165) is 5.56 Å². The lowest BCUT2D eigenvalue weighted by molar-refractivity contribution is 0.297. The molecule has 0 aliphatic rings. The molecule has 0 saturated carbocycles. The molecular formula is C14H11Cl2FO3S. The summed E-state index contributed by atoms with van der Waals surface area (Å²) in [4.78, 5) is -0.128. The first-order valence-electron chi connectivity index (χ1n) is 5.90. The maximum absolute atomic E-state index is 13.3. The number of benzene rings is 2. The fraction of sp³-hybridized carbons (Fsp3) is 0.143. The highest BCUT2D eigenvalue weighted by molar-refractivity contribution is 8.13. The number of hydrogen-bond acceptors (Lipinski definition) is 3. The third-order valence-corrected chi connectivity index (χ3v) is 4.54. The molecule has 0 aliphatic carbocycles. The molecule has 0 bridgehead atoms. The van der Waals surface area contributed by atoms with Crippen molar-refractivity contribution >= 4 is 31.3 Å². The molecule has 0 N–H and O–H groups in total. The fourth-order valence-electron chi connectivity index (χ4n) is 1.74.